The van der Waals surface area contributed by atoms with Crippen molar-refractivity contribution in [2.75, 3.05) is 38.5 Å². The number of sulfonamides is 1. The number of likely N-dealkylation sites (tertiary alicyclic amines) is 1. The zero-order valence-electron chi connectivity index (χ0n) is 16.3. The monoisotopic (exact) mass is 411 g/mol. The summed E-state index contributed by atoms with van der Waals surface area (Å²) >= 11 is 0. The number of carbonyl (C=O) groups is 2. The van der Waals surface area contributed by atoms with Crippen LogP contribution in [0.15, 0.2) is 17.1 Å². The van der Waals surface area contributed by atoms with E-state index in [1.165, 1.54) is 4.90 Å². The number of imide groups is 1. The van der Waals surface area contributed by atoms with Gasteiger partial charge in [-0.15, -0.1) is 0 Å². The van der Waals surface area contributed by atoms with Crippen molar-refractivity contribution in [1.82, 2.24) is 20.3 Å². The summed E-state index contributed by atoms with van der Waals surface area (Å²) in [5.41, 5.74) is 0. The normalized spacial score (nSPS) is 28.9. The fraction of sp³-hybridized carbons (Fsp3) is 0.722. The number of allylic oxidation sites excluding steroid dienone is 2. The number of guanidine groups is 1. The second kappa shape index (κ2) is 8.60. The molecule has 1 heterocycles. The van der Waals surface area contributed by atoms with E-state index in [9.17, 15) is 18.0 Å². The Hall–Kier alpha value is -1.94. The van der Waals surface area contributed by atoms with E-state index in [2.05, 4.69) is 32.5 Å². The van der Waals surface area contributed by atoms with Gasteiger partial charge in [0.25, 0.3) is 0 Å². The van der Waals surface area contributed by atoms with E-state index in [4.69, 9.17) is 0 Å². The van der Waals surface area contributed by atoms with Crippen molar-refractivity contribution in [3.8, 4) is 0 Å². The van der Waals surface area contributed by atoms with Gasteiger partial charge >= 0.3 is 0 Å². The number of hydrogen-bond acceptors (Lipinski definition) is 5. The van der Waals surface area contributed by atoms with Gasteiger partial charge in [-0.25, -0.2) is 13.1 Å². The molecule has 0 aromatic carbocycles. The number of rotatable bonds is 9. The molecule has 3 rings (SSSR count). The quantitative estimate of drug-likeness (QED) is 0.152. The first-order valence-electron chi connectivity index (χ1n) is 9.91. The summed E-state index contributed by atoms with van der Waals surface area (Å²) < 4.78 is 25.3. The van der Waals surface area contributed by atoms with Crippen LogP contribution in [-0.4, -0.2) is 69.6 Å². The van der Waals surface area contributed by atoms with Crippen molar-refractivity contribution in [2.24, 2.45) is 28.7 Å². The molecule has 1 saturated carbocycles. The van der Waals surface area contributed by atoms with Crippen molar-refractivity contribution in [3.63, 3.8) is 0 Å². The lowest BCUT2D eigenvalue weighted by molar-refractivity contribution is -0.140. The molecule has 9 nitrogen and oxygen atoms in total. The van der Waals surface area contributed by atoms with Gasteiger partial charge in [0, 0.05) is 26.2 Å². The smallest absolute Gasteiger partial charge is 0.233 e. The largest absolute Gasteiger partial charge is 0.357 e. The summed E-state index contributed by atoms with van der Waals surface area (Å²) in [7, 11) is -3.23. The number of fused-ring (bicyclic) bond motifs is 5. The maximum atomic E-state index is 12.7. The van der Waals surface area contributed by atoms with Gasteiger partial charge in [-0.2, -0.15) is 0 Å². The van der Waals surface area contributed by atoms with Gasteiger partial charge in [-0.3, -0.25) is 19.5 Å². The van der Waals surface area contributed by atoms with Gasteiger partial charge in [0.15, 0.2) is 5.96 Å². The zero-order chi connectivity index (χ0) is 20.3. The second-order valence-corrected chi connectivity index (χ2v) is 9.41. The lowest BCUT2D eigenvalue weighted by Gasteiger charge is -2.18. The molecule has 4 unspecified atom stereocenters. The highest BCUT2D eigenvalue weighted by Crippen LogP contribution is 2.52. The highest BCUT2D eigenvalue weighted by Gasteiger charge is 2.58. The van der Waals surface area contributed by atoms with Gasteiger partial charge in [0.05, 0.1) is 24.1 Å². The number of hydrogen-bond donors (Lipinski definition) is 3. The molecule has 2 fully saturated rings. The minimum absolute atomic E-state index is 0.0339. The summed E-state index contributed by atoms with van der Waals surface area (Å²) in [6.07, 6.45) is 5.10. The average Bonchev–Trinajstić information content (AvgIpc) is 3.34. The molecule has 3 N–H and O–H groups in total. The summed E-state index contributed by atoms with van der Waals surface area (Å²) in [6, 6.07) is 0. The van der Waals surface area contributed by atoms with Crippen LogP contribution in [0, 0.1) is 23.7 Å². The number of carbonyl (C=O) groups excluding carboxylic acids is 2. The van der Waals surface area contributed by atoms with E-state index in [1.54, 1.807) is 6.92 Å². The molecule has 1 saturated heterocycles. The van der Waals surface area contributed by atoms with Crippen molar-refractivity contribution < 1.29 is 18.0 Å². The number of amides is 2. The molecule has 2 bridgehead atoms. The molecule has 0 spiro atoms. The van der Waals surface area contributed by atoms with E-state index < -0.39 is 10.0 Å². The van der Waals surface area contributed by atoms with Crippen LogP contribution in [0.25, 0.3) is 0 Å². The van der Waals surface area contributed by atoms with Crippen LogP contribution in [0.1, 0.15) is 20.3 Å². The Bertz CT molecular complexity index is 749. The molecule has 4 atom stereocenters. The Morgan fingerprint density at radius 1 is 1.11 bits per heavy atom. The second-order valence-electron chi connectivity index (χ2n) is 7.31. The predicted octanol–water partition coefficient (Wildman–Crippen LogP) is -0.712. The van der Waals surface area contributed by atoms with Crippen LogP contribution < -0.4 is 15.4 Å². The zero-order valence-corrected chi connectivity index (χ0v) is 17.2. The summed E-state index contributed by atoms with van der Waals surface area (Å²) in [5, 5.41) is 6.17. The Kier molecular flexibility index (Phi) is 6.39. The SMILES string of the molecule is CCNC(=NCCNS(=O)(=O)CC)NCCN1C(=O)C2C3C=CC(C3)C2C1=O. The maximum Gasteiger partial charge on any atom is 0.233 e. The molecule has 1 aliphatic heterocycles. The standard InChI is InChI=1S/C18H29N5O4S/c1-3-19-18(20-7-8-22-28(26,27)4-2)21-9-10-23-16(24)14-12-5-6-13(11-12)15(14)17(23)25/h5-6,12-15,22H,3-4,7-11H2,1-2H3,(H2,19,20,21). The maximum absolute atomic E-state index is 12.7. The molecule has 0 aromatic heterocycles. The lowest BCUT2D eigenvalue weighted by atomic mass is 9.85. The van der Waals surface area contributed by atoms with Gasteiger partial charge < -0.3 is 10.6 Å². The number of aliphatic imine (C=N–C) groups is 1. The fourth-order valence-corrected chi connectivity index (χ4v) is 4.89. The lowest BCUT2D eigenvalue weighted by Crippen LogP contribution is -2.44. The van der Waals surface area contributed by atoms with E-state index in [0.29, 0.717) is 25.6 Å². The Morgan fingerprint density at radius 3 is 2.32 bits per heavy atom. The molecular formula is C18H29N5O4S. The Morgan fingerprint density at radius 2 is 1.75 bits per heavy atom. The minimum Gasteiger partial charge on any atom is -0.357 e. The summed E-state index contributed by atoms with van der Waals surface area (Å²) in [5.74, 6) is 0.553. The van der Waals surface area contributed by atoms with Crippen molar-refractivity contribution in [2.45, 2.75) is 20.3 Å². The van der Waals surface area contributed by atoms with Crippen LogP contribution in [0.2, 0.25) is 0 Å². The van der Waals surface area contributed by atoms with Crippen LogP contribution >= 0.6 is 0 Å². The number of nitrogens with one attached hydrogen (secondary N) is 3. The first-order valence-corrected chi connectivity index (χ1v) is 11.6. The van der Waals surface area contributed by atoms with Crippen molar-refractivity contribution >= 4 is 27.8 Å². The van der Waals surface area contributed by atoms with E-state index in [-0.39, 0.29) is 54.3 Å². The molecule has 3 aliphatic rings. The third-order valence-corrected chi connectivity index (χ3v) is 7.02. The Labute approximate surface area is 166 Å². The van der Waals surface area contributed by atoms with E-state index >= 15 is 0 Å². The highest BCUT2D eigenvalue weighted by molar-refractivity contribution is 7.89. The third kappa shape index (κ3) is 4.22. The molecule has 156 valence electrons. The Balaban J connectivity index is 1.48. The average molecular weight is 412 g/mol. The molecule has 10 heteroatoms. The summed E-state index contributed by atoms with van der Waals surface area (Å²) in [4.78, 5) is 31.0. The van der Waals surface area contributed by atoms with Crippen molar-refractivity contribution in [1.29, 1.82) is 0 Å². The van der Waals surface area contributed by atoms with Gasteiger partial charge in [0.2, 0.25) is 21.8 Å². The molecule has 2 amide bonds. The predicted molar refractivity (Wildman–Crippen MR) is 106 cm³/mol. The molecule has 28 heavy (non-hydrogen) atoms. The van der Waals surface area contributed by atoms with Crippen molar-refractivity contribution in [3.05, 3.63) is 12.2 Å². The molecule has 0 aromatic rings. The van der Waals surface area contributed by atoms with Crippen LogP contribution in [0.5, 0.6) is 0 Å². The third-order valence-electron chi connectivity index (χ3n) is 5.62. The molecular weight excluding hydrogens is 382 g/mol. The van der Waals surface area contributed by atoms with Gasteiger partial charge in [-0.05, 0) is 32.1 Å². The molecule has 0 radical (unpaired) electrons. The topological polar surface area (TPSA) is 120 Å². The van der Waals surface area contributed by atoms with Gasteiger partial charge in [-0.1, -0.05) is 12.2 Å². The minimum atomic E-state index is -3.23. The fourth-order valence-electron chi connectivity index (χ4n) is 4.28. The van der Waals surface area contributed by atoms with E-state index in [0.717, 1.165) is 6.42 Å². The highest BCUT2D eigenvalue weighted by atomic mass is 32.2. The van der Waals surface area contributed by atoms with Gasteiger partial charge in [0.1, 0.15) is 0 Å². The first-order chi connectivity index (χ1) is 13.4. The number of nitrogens with zero attached hydrogens (tertiary/aromatic N) is 2. The van der Waals surface area contributed by atoms with Crippen LogP contribution in [0.4, 0.5) is 0 Å². The summed E-state index contributed by atoms with van der Waals surface area (Å²) in [6.45, 7) is 5.35. The first kappa shape index (κ1) is 20.8. The van der Waals surface area contributed by atoms with E-state index in [1.807, 2.05) is 6.92 Å². The molecule has 2 aliphatic carbocycles. The van der Waals surface area contributed by atoms with Crippen LogP contribution in [0.3, 0.4) is 0 Å². The van der Waals surface area contributed by atoms with Crippen LogP contribution in [-0.2, 0) is 19.6 Å².